The van der Waals surface area contributed by atoms with Gasteiger partial charge in [0.25, 0.3) is 10.0 Å². The van der Waals surface area contributed by atoms with Gasteiger partial charge in [0.15, 0.2) is 5.84 Å². The topological polar surface area (TPSA) is 96.0 Å². The summed E-state index contributed by atoms with van der Waals surface area (Å²) in [6.07, 6.45) is 1.30. The predicted molar refractivity (Wildman–Crippen MR) is 69.4 cm³/mol. The van der Waals surface area contributed by atoms with Crippen molar-refractivity contribution < 1.29 is 13.6 Å². The van der Waals surface area contributed by atoms with Gasteiger partial charge in [0.2, 0.25) is 0 Å². The SMILES string of the molecule is Cc1ccc(S(=O)(=O)N2CCCC2C(N)=NO)s1. The number of sulfonamides is 1. The minimum Gasteiger partial charge on any atom is -0.409 e. The Morgan fingerprint density at radius 1 is 1.61 bits per heavy atom. The molecule has 100 valence electrons. The van der Waals surface area contributed by atoms with Gasteiger partial charge in [0, 0.05) is 11.4 Å². The first-order valence-corrected chi connectivity index (χ1v) is 7.78. The van der Waals surface area contributed by atoms with Crippen LogP contribution < -0.4 is 5.73 Å². The van der Waals surface area contributed by atoms with Crippen LogP contribution in [0.3, 0.4) is 0 Å². The van der Waals surface area contributed by atoms with E-state index in [1.165, 1.54) is 15.6 Å². The molecule has 0 spiro atoms. The van der Waals surface area contributed by atoms with E-state index in [9.17, 15) is 8.42 Å². The standard InChI is InChI=1S/C10H15N3O3S2/c1-7-4-5-9(17-7)18(15,16)13-6-2-3-8(13)10(11)12-14/h4-5,8,14H,2-3,6H2,1H3,(H2,11,12). The van der Waals surface area contributed by atoms with Gasteiger partial charge in [-0.05, 0) is 31.9 Å². The molecule has 0 radical (unpaired) electrons. The van der Waals surface area contributed by atoms with Crippen LogP contribution in [0.4, 0.5) is 0 Å². The first-order chi connectivity index (χ1) is 8.46. The molecule has 2 heterocycles. The summed E-state index contributed by atoms with van der Waals surface area (Å²) in [7, 11) is -3.54. The van der Waals surface area contributed by atoms with Crippen LogP contribution in [0.15, 0.2) is 21.5 Å². The van der Waals surface area contributed by atoms with Crippen LogP contribution in [0, 0.1) is 6.92 Å². The third-order valence-electron chi connectivity index (χ3n) is 2.94. The molecule has 6 nitrogen and oxygen atoms in total. The van der Waals surface area contributed by atoms with Gasteiger partial charge in [0.05, 0.1) is 6.04 Å². The summed E-state index contributed by atoms with van der Waals surface area (Å²) in [5.74, 6) is -0.0515. The number of hydrogen-bond donors (Lipinski definition) is 2. The van der Waals surface area contributed by atoms with E-state index in [1.54, 1.807) is 12.1 Å². The van der Waals surface area contributed by atoms with E-state index in [0.717, 1.165) is 4.88 Å². The molecule has 1 unspecified atom stereocenters. The first kappa shape index (κ1) is 13.3. The molecule has 1 aliphatic heterocycles. The van der Waals surface area contributed by atoms with Gasteiger partial charge in [-0.25, -0.2) is 8.42 Å². The quantitative estimate of drug-likeness (QED) is 0.375. The van der Waals surface area contributed by atoms with Crippen LogP contribution in [0.1, 0.15) is 17.7 Å². The van der Waals surface area contributed by atoms with E-state index in [-0.39, 0.29) is 5.84 Å². The van der Waals surface area contributed by atoms with E-state index >= 15 is 0 Å². The van der Waals surface area contributed by atoms with Gasteiger partial charge < -0.3 is 10.9 Å². The van der Waals surface area contributed by atoms with Crippen LogP contribution >= 0.6 is 11.3 Å². The highest BCUT2D eigenvalue weighted by Crippen LogP contribution is 2.30. The number of aryl methyl sites for hydroxylation is 1. The van der Waals surface area contributed by atoms with Gasteiger partial charge in [-0.15, -0.1) is 11.3 Å². The molecule has 2 rings (SSSR count). The maximum absolute atomic E-state index is 12.4. The molecule has 1 fully saturated rings. The van der Waals surface area contributed by atoms with Crippen LogP contribution in [0.2, 0.25) is 0 Å². The number of amidine groups is 1. The Kier molecular flexibility index (Phi) is 3.60. The average Bonchev–Trinajstić information content (AvgIpc) is 2.96. The van der Waals surface area contributed by atoms with E-state index in [2.05, 4.69) is 5.16 Å². The Morgan fingerprint density at radius 3 is 2.89 bits per heavy atom. The molecule has 1 aromatic rings. The van der Waals surface area contributed by atoms with Crippen molar-refractivity contribution in [2.75, 3.05) is 6.54 Å². The lowest BCUT2D eigenvalue weighted by Gasteiger charge is -2.21. The Hall–Kier alpha value is -1.12. The predicted octanol–water partition coefficient (Wildman–Crippen LogP) is 0.956. The number of nitrogens with zero attached hydrogens (tertiary/aromatic N) is 2. The molecule has 3 N–H and O–H groups in total. The number of thiophene rings is 1. The van der Waals surface area contributed by atoms with Gasteiger partial charge in [0.1, 0.15) is 4.21 Å². The molecule has 18 heavy (non-hydrogen) atoms. The Balaban J connectivity index is 2.35. The Morgan fingerprint density at radius 2 is 2.33 bits per heavy atom. The van der Waals surface area contributed by atoms with Crippen LogP contribution in [0.5, 0.6) is 0 Å². The van der Waals surface area contributed by atoms with Crippen molar-refractivity contribution in [1.29, 1.82) is 0 Å². The second kappa shape index (κ2) is 4.87. The number of oxime groups is 1. The summed E-state index contributed by atoms with van der Waals surface area (Å²) >= 11 is 1.23. The van der Waals surface area contributed by atoms with Crippen LogP contribution in [-0.4, -0.2) is 36.4 Å². The van der Waals surface area contributed by atoms with Crippen molar-refractivity contribution in [3.63, 3.8) is 0 Å². The second-order valence-electron chi connectivity index (χ2n) is 4.16. The summed E-state index contributed by atoms with van der Waals surface area (Å²) < 4.78 is 26.5. The number of nitrogens with two attached hydrogens (primary N) is 1. The minimum absolute atomic E-state index is 0.0515. The monoisotopic (exact) mass is 289 g/mol. The summed E-state index contributed by atoms with van der Waals surface area (Å²) in [6.45, 7) is 2.26. The highest BCUT2D eigenvalue weighted by atomic mass is 32.2. The third-order valence-corrected chi connectivity index (χ3v) is 6.32. The summed E-state index contributed by atoms with van der Waals surface area (Å²) in [5.41, 5.74) is 5.55. The van der Waals surface area contributed by atoms with Gasteiger partial charge >= 0.3 is 0 Å². The maximum atomic E-state index is 12.4. The second-order valence-corrected chi connectivity index (χ2v) is 7.57. The van der Waals surface area contributed by atoms with Gasteiger partial charge in [-0.1, -0.05) is 5.16 Å². The highest BCUT2D eigenvalue weighted by molar-refractivity contribution is 7.91. The molecule has 8 heteroatoms. The molecule has 0 aromatic carbocycles. The van der Waals surface area contributed by atoms with Crippen LogP contribution in [0.25, 0.3) is 0 Å². The molecule has 1 atom stereocenters. The van der Waals surface area contributed by atoms with Crippen molar-refractivity contribution in [2.45, 2.75) is 30.0 Å². The summed E-state index contributed by atoms with van der Waals surface area (Å²) in [5, 5.41) is 11.6. The van der Waals surface area contributed by atoms with Gasteiger partial charge in [-0.3, -0.25) is 0 Å². The summed E-state index contributed by atoms with van der Waals surface area (Å²) in [6, 6.07) is 2.82. The van der Waals surface area contributed by atoms with Crippen molar-refractivity contribution in [3.05, 3.63) is 17.0 Å². The Bertz CT molecular complexity index is 565. The van der Waals surface area contributed by atoms with Crippen molar-refractivity contribution in [2.24, 2.45) is 10.9 Å². The lowest BCUT2D eigenvalue weighted by Crippen LogP contribution is -2.43. The van der Waals surface area contributed by atoms with Crippen LogP contribution in [-0.2, 0) is 10.0 Å². The molecule has 0 amide bonds. The average molecular weight is 289 g/mol. The smallest absolute Gasteiger partial charge is 0.253 e. The molecule has 0 bridgehead atoms. The zero-order valence-electron chi connectivity index (χ0n) is 9.91. The van der Waals surface area contributed by atoms with E-state index in [4.69, 9.17) is 10.9 Å². The van der Waals surface area contributed by atoms with Crippen molar-refractivity contribution in [1.82, 2.24) is 4.31 Å². The fourth-order valence-electron chi connectivity index (χ4n) is 2.06. The fourth-order valence-corrected chi connectivity index (χ4v) is 5.14. The lowest BCUT2D eigenvalue weighted by molar-refractivity contribution is 0.311. The largest absolute Gasteiger partial charge is 0.409 e. The molecule has 1 aromatic heterocycles. The van der Waals surface area contributed by atoms with Crippen molar-refractivity contribution >= 4 is 27.2 Å². The first-order valence-electron chi connectivity index (χ1n) is 5.52. The zero-order valence-corrected chi connectivity index (χ0v) is 11.5. The van der Waals surface area contributed by atoms with Crippen molar-refractivity contribution in [3.8, 4) is 0 Å². The highest BCUT2D eigenvalue weighted by Gasteiger charge is 2.38. The molecular formula is C10H15N3O3S2. The minimum atomic E-state index is -3.54. The fraction of sp³-hybridized carbons (Fsp3) is 0.500. The normalized spacial score (nSPS) is 22.5. The molecule has 1 aliphatic rings. The number of hydrogen-bond acceptors (Lipinski definition) is 5. The Labute approximate surface area is 110 Å². The maximum Gasteiger partial charge on any atom is 0.253 e. The van der Waals surface area contributed by atoms with E-state index < -0.39 is 16.1 Å². The molecular weight excluding hydrogens is 274 g/mol. The van der Waals surface area contributed by atoms with E-state index in [0.29, 0.717) is 23.6 Å². The number of rotatable bonds is 3. The van der Waals surface area contributed by atoms with E-state index in [1.807, 2.05) is 6.92 Å². The third kappa shape index (κ3) is 2.23. The zero-order chi connectivity index (χ0) is 13.3. The molecule has 0 aliphatic carbocycles. The van der Waals surface area contributed by atoms with Gasteiger partial charge in [-0.2, -0.15) is 4.31 Å². The lowest BCUT2D eigenvalue weighted by atomic mass is 10.2. The molecule has 1 saturated heterocycles. The molecule has 0 saturated carbocycles. The summed E-state index contributed by atoms with van der Waals surface area (Å²) in [4.78, 5) is 0.938.